The van der Waals surface area contributed by atoms with Crippen molar-refractivity contribution in [3.8, 4) is 0 Å². The summed E-state index contributed by atoms with van der Waals surface area (Å²) in [6, 6.07) is -0.0534. The Bertz CT molecular complexity index is 374. The fraction of sp³-hybridized carbons (Fsp3) is 0.846. The highest BCUT2D eigenvalue weighted by Crippen LogP contribution is 2.30. The topological polar surface area (TPSA) is 70.1 Å². The molecule has 2 atom stereocenters. The van der Waals surface area contributed by atoms with Crippen LogP contribution in [0.2, 0.25) is 0 Å². The number of ether oxygens (including phenoxy) is 1. The van der Waals surface area contributed by atoms with Crippen LogP contribution in [0.15, 0.2) is 0 Å². The van der Waals surface area contributed by atoms with E-state index in [1.54, 1.807) is 16.7 Å². The van der Waals surface area contributed by atoms with Crippen LogP contribution < -0.4 is 0 Å². The SMILES string of the molecule is CC1CN(C(=O)N2CCCC(C)(C(=O)O)C2)CCO1. The Balaban J connectivity index is 2.01. The zero-order valence-electron chi connectivity index (χ0n) is 11.6. The molecule has 0 radical (unpaired) electrons. The molecule has 2 rings (SSSR count). The highest BCUT2D eigenvalue weighted by atomic mass is 16.5. The summed E-state index contributed by atoms with van der Waals surface area (Å²) in [5.41, 5.74) is -0.814. The van der Waals surface area contributed by atoms with Crippen LogP contribution in [-0.2, 0) is 9.53 Å². The van der Waals surface area contributed by atoms with Gasteiger partial charge in [0.15, 0.2) is 0 Å². The minimum Gasteiger partial charge on any atom is -0.481 e. The van der Waals surface area contributed by atoms with Crippen LogP contribution in [0.4, 0.5) is 4.79 Å². The number of likely N-dealkylation sites (tertiary alicyclic amines) is 1. The van der Waals surface area contributed by atoms with Gasteiger partial charge in [0.1, 0.15) is 0 Å². The van der Waals surface area contributed by atoms with Gasteiger partial charge in [-0.1, -0.05) is 0 Å². The maximum Gasteiger partial charge on any atom is 0.320 e. The first-order chi connectivity index (χ1) is 8.92. The number of carbonyl (C=O) groups excluding carboxylic acids is 1. The van der Waals surface area contributed by atoms with Crippen LogP contribution in [0.1, 0.15) is 26.7 Å². The van der Waals surface area contributed by atoms with Crippen molar-refractivity contribution in [3.05, 3.63) is 0 Å². The number of nitrogens with zero attached hydrogens (tertiary/aromatic N) is 2. The number of carboxylic acids is 1. The Labute approximate surface area is 113 Å². The van der Waals surface area contributed by atoms with Crippen molar-refractivity contribution in [2.45, 2.75) is 32.8 Å². The predicted molar refractivity (Wildman–Crippen MR) is 68.9 cm³/mol. The van der Waals surface area contributed by atoms with Gasteiger partial charge in [-0.15, -0.1) is 0 Å². The summed E-state index contributed by atoms with van der Waals surface area (Å²) in [6.45, 7) is 6.33. The molecule has 0 aliphatic carbocycles. The first-order valence-electron chi connectivity index (χ1n) is 6.81. The van der Waals surface area contributed by atoms with E-state index >= 15 is 0 Å². The molecule has 2 fully saturated rings. The largest absolute Gasteiger partial charge is 0.481 e. The molecule has 0 aromatic rings. The molecule has 0 aromatic heterocycles. The van der Waals surface area contributed by atoms with Crippen LogP contribution >= 0.6 is 0 Å². The Morgan fingerprint density at radius 2 is 2.05 bits per heavy atom. The maximum absolute atomic E-state index is 12.4. The first-order valence-corrected chi connectivity index (χ1v) is 6.81. The number of amides is 2. The molecule has 1 N–H and O–H groups in total. The lowest BCUT2D eigenvalue weighted by molar-refractivity contribution is -0.150. The lowest BCUT2D eigenvalue weighted by Gasteiger charge is -2.41. The van der Waals surface area contributed by atoms with E-state index in [-0.39, 0.29) is 12.1 Å². The van der Waals surface area contributed by atoms with Crippen molar-refractivity contribution in [2.24, 2.45) is 5.41 Å². The number of carboxylic acid groups (broad SMARTS) is 1. The number of morpholine rings is 1. The van der Waals surface area contributed by atoms with Gasteiger partial charge in [-0.05, 0) is 26.7 Å². The molecule has 2 heterocycles. The second-order valence-electron chi connectivity index (χ2n) is 5.80. The van der Waals surface area contributed by atoms with E-state index in [0.717, 1.165) is 6.42 Å². The van der Waals surface area contributed by atoms with E-state index in [9.17, 15) is 14.7 Å². The van der Waals surface area contributed by atoms with Gasteiger partial charge in [-0.25, -0.2) is 4.79 Å². The second kappa shape index (κ2) is 5.36. The molecule has 6 heteroatoms. The van der Waals surface area contributed by atoms with E-state index in [0.29, 0.717) is 39.2 Å². The standard InChI is InChI=1S/C13H22N2O4/c1-10-8-14(6-7-19-10)12(18)15-5-3-4-13(2,9-15)11(16)17/h10H,3-9H2,1-2H3,(H,16,17). The monoisotopic (exact) mass is 270 g/mol. The van der Waals surface area contributed by atoms with Gasteiger partial charge in [0.05, 0.1) is 18.1 Å². The molecule has 2 amide bonds. The smallest absolute Gasteiger partial charge is 0.320 e. The average Bonchev–Trinajstić information content (AvgIpc) is 2.38. The summed E-state index contributed by atoms with van der Waals surface area (Å²) in [7, 11) is 0. The highest BCUT2D eigenvalue weighted by molar-refractivity contribution is 5.78. The molecule has 6 nitrogen and oxygen atoms in total. The van der Waals surface area contributed by atoms with Gasteiger partial charge < -0.3 is 19.6 Å². The van der Waals surface area contributed by atoms with Crippen molar-refractivity contribution in [1.82, 2.24) is 9.80 Å². The molecule has 2 unspecified atom stereocenters. The van der Waals surface area contributed by atoms with Crippen LogP contribution in [-0.4, -0.2) is 65.8 Å². The molecular weight excluding hydrogens is 248 g/mol. The Kier molecular flexibility index (Phi) is 3.99. The molecule has 108 valence electrons. The van der Waals surface area contributed by atoms with Crippen molar-refractivity contribution >= 4 is 12.0 Å². The zero-order valence-corrected chi connectivity index (χ0v) is 11.6. The molecule has 0 aromatic carbocycles. The van der Waals surface area contributed by atoms with E-state index in [2.05, 4.69) is 0 Å². The summed E-state index contributed by atoms with van der Waals surface area (Å²) in [5.74, 6) is -0.819. The van der Waals surface area contributed by atoms with E-state index in [4.69, 9.17) is 4.74 Å². The van der Waals surface area contributed by atoms with Crippen LogP contribution in [0.3, 0.4) is 0 Å². The number of urea groups is 1. The van der Waals surface area contributed by atoms with Crippen molar-refractivity contribution in [2.75, 3.05) is 32.8 Å². The van der Waals surface area contributed by atoms with Crippen molar-refractivity contribution in [1.29, 1.82) is 0 Å². The lowest BCUT2D eigenvalue weighted by atomic mass is 9.82. The summed E-state index contributed by atoms with van der Waals surface area (Å²) in [4.78, 5) is 27.2. The molecule has 2 aliphatic heterocycles. The maximum atomic E-state index is 12.4. The number of hydrogen-bond acceptors (Lipinski definition) is 3. The van der Waals surface area contributed by atoms with Gasteiger partial charge >= 0.3 is 12.0 Å². The third kappa shape index (κ3) is 3.00. The summed E-state index contributed by atoms with van der Waals surface area (Å²) >= 11 is 0. The molecule has 0 spiro atoms. The molecular formula is C13H22N2O4. The van der Waals surface area contributed by atoms with Crippen molar-refractivity contribution < 1.29 is 19.4 Å². The minimum atomic E-state index is -0.819. The molecule has 2 saturated heterocycles. The minimum absolute atomic E-state index is 0.0494. The summed E-state index contributed by atoms with van der Waals surface area (Å²) in [6.07, 6.45) is 1.42. The van der Waals surface area contributed by atoms with E-state index in [1.807, 2.05) is 6.92 Å². The summed E-state index contributed by atoms with van der Waals surface area (Å²) < 4.78 is 5.42. The Morgan fingerprint density at radius 3 is 2.68 bits per heavy atom. The zero-order chi connectivity index (χ0) is 14.0. The van der Waals surface area contributed by atoms with E-state index < -0.39 is 11.4 Å². The third-order valence-electron chi connectivity index (χ3n) is 3.99. The lowest BCUT2D eigenvalue weighted by Crippen LogP contribution is -2.55. The van der Waals surface area contributed by atoms with Crippen LogP contribution in [0.5, 0.6) is 0 Å². The fourth-order valence-electron chi connectivity index (χ4n) is 2.77. The molecule has 2 aliphatic rings. The number of piperidine rings is 1. The summed E-state index contributed by atoms with van der Waals surface area (Å²) in [5, 5.41) is 9.28. The van der Waals surface area contributed by atoms with Crippen molar-refractivity contribution in [3.63, 3.8) is 0 Å². The first kappa shape index (κ1) is 14.1. The average molecular weight is 270 g/mol. The normalized spacial score (nSPS) is 32.2. The van der Waals surface area contributed by atoms with Gasteiger partial charge in [-0.3, -0.25) is 4.79 Å². The number of hydrogen-bond donors (Lipinski definition) is 1. The number of carbonyl (C=O) groups is 2. The third-order valence-corrected chi connectivity index (χ3v) is 3.99. The number of aliphatic carboxylic acids is 1. The Hall–Kier alpha value is -1.30. The molecule has 0 bridgehead atoms. The molecule has 0 saturated carbocycles. The quantitative estimate of drug-likeness (QED) is 0.772. The highest BCUT2D eigenvalue weighted by Gasteiger charge is 2.40. The number of rotatable bonds is 1. The van der Waals surface area contributed by atoms with E-state index in [1.165, 1.54) is 0 Å². The predicted octanol–water partition coefficient (Wildman–Crippen LogP) is 1.01. The Morgan fingerprint density at radius 1 is 1.32 bits per heavy atom. The van der Waals surface area contributed by atoms with Gasteiger partial charge in [0.25, 0.3) is 0 Å². The van der Waals surface area contributed by atoms with Gasteiger partial charge in [-0.2, -0.15) is 0 Å². The van der Waals surface area contributed by atoms with Gasteiger partial charge in [0, 0.05) is 26.2 Å². The van der Waals surface area contributed by atoms with Gasteiger partial charge in [0.2, 0.25) is 0 Å². The van der Waals surface area contributed by atoms with Crippen LogP contribution in [0.25, 0.3) is 0 Å². The second-order valence-corrected chi connectivity index (χ2v) is 5.80. The fourth-order valence-corrected chi connectivity index (χ4v) is 2.77. The van der Waals surface area contributed by atoms with Crippen LogP contribution in [0, 0.1) is 5.41 Å². The molecule has 19 heavy (non-hydrogen) atoms.